The summed E-state index contributed by atoms with van der Waals surface area (Å²) in [4.78, 5) is 13.4. The summed E-state index contributed by atoms with van der Waals surface area (Å²) in [6.07, 6.45) is 0. The van der Waals surface area contributed by atoms with E-state index in [9.17, 15) is 0 Å². The Kier molecular flexibility index (Phi) is 6.17. The van der Waals surface area contributed by atoms with Crippen molar-refractivity contribution in [2.45, 2.75) is 6.54 Å². The molecule has 1 fully saturated rings. The van der Waals surface area contributed by atoms with Crippen molar-refractivity contribution in [1.29, 1.82) is 0 Å². The summed E-state index contributed by atoms with van der Waals surface area (Å²) < 4.78 is 0. The zero-order chi connectivity index (χ0) is 21.9. The van der Waals surface area contributed by atoms with Crippen molar-refractivity contribution in [1.82, 2.24) is 14.9 Å². The predicted octanol–water partition coefficient (Wildman–Crippen LogP) is 6.37. The standard InChI is InChI=1S/C26H24Cl2N4/c27-22-12-11-21(17-23(22)28)32-15-13-31(14-16-32)18-24-29-25(19-7-3-1-4-8-19)26(30-24)20-9-5-2-6-10-20/h1-12,17H,13-16,18H2,(H,29,30). The molecule has 0 bridgehead atoms. The van der Waals surface area contributed by atoms with Crippen molar-refractivity contribution in [2.75, 3.05) is 31.1 Å². The molecular weight excluding hydrogens is 439 g/mol. The minimum Gasteiger partial charge on any atom is -0.369 e. The first-order valence-corrected chi connectivity index (χ1v) is 11.5. The number of piperazine rings is 1. The highest BCUT2D eigenvalue weighted by Crippen LogP contribution is 2.31. The number of anilines is 1. The number of imidazole rings is 1. The quantitative estimate of drug-likeness (QED) is 0.374. The van der Waals surface area contributed by atoms with E-state index >= 15 is 0 Å². The second kappa shape index (κ2) is 9.37. The number of hydrogen-bond donors (Lipinski definition) is 1. The van der Waals surface area contributed by atoms with Gasteiger partial charge in [-0.2, -0.15) is 0 Å². The summed E-state index contributed by atoms with van der Waals surface area (Å²) in [6.45, 7) is 4.60. The van der Waals surface area contributed by atoms with Gasteiger partial charge in [-0.1, -0.05) is 83.9 Å². The van der Waals surface area contributed by atoms with Gasteiger partial charge in [0.05, 0.1) is 28.0 Å². The van der Waals surface area contributed by atoms with Crippen LogP contribution in [0.2, 0.25) is 10.0 Å². The number of halogens is 2. The molecule has 1 aromatic heterocycles. The zero-order valence-corrected chi connectivity index (χ0v) is 19.2. The van der Waals surface area contributed by atoms with E-state index in [-0.39, 0.29) is 0 Å². The lowest BCUT2D eigenvalue weighted by Crippen LogP contribution is -2.46. The minimum absolute atomic E-state index is 0.593. The van der Waals surface area contributed by atoms with Gasteiger partial charge in [-0.05, 0) is 18.2 Å². The monoisotopic (exact) mass is 462 g/mol. The first-order chi connectivity index (χ1) is 15.7. The number of nitrogens with one attached hydrogen (secondary N) is 1. The van der Waals surface area contributed by atoms with Crippen LogP contribution in [0.4, 0.5) is 5.69 Å². The fourth-order valence-electron chi connectivity index (χ4n) is 4.17. The molecule has 0 aliphatic carbocycles. The van der Waals surface area contributed by atoms with Gasteiger partial charge in [0.25, 0.3) is 0 Å². The molecule has 4 aromatic rings. The molecule has 5 rings (SSSR count). The van der Waals surface area contributed by atoms with E-state index in [0.717, 1.165) is 66.8 Å². The van der Waals surface area contributed by atoms with Gasteiger partial charge in [0.1, 0.15) is 5.82 Å². The molecule has 0 unspecified atom stereocenters. The Morgan fingerprint density at radius 3 is 2.06 bits per heavy atom. The Bertz CT molecular complexity index is 1130. The first-order valence-electron chi connectivity index (χ1n) is 10.8. The van der Waals surface area contributed by atoms with Crippen molar-refractivity contribution in [3.05, 3.63) is 94.7 Å². The number of nitrogens with zero attached hydrogens (tertiary/aromatic N) is 3. The van der Waals surface area contributed by atoms with Crippen LogP contribution in [0.15, 0.2) is 78.9 Å². The third kappa shape index (κ3) is 4.53. The predicted molar refractivity (Wildman–Crippen MR) is 133 cm³/mol. The Hall–Kier alpha value is -2.79. The van der Waals surface area contributed by atoms with Gasteiger partial charge in [0.2, 0.25) is 0 Å². The second-order valence-electron chi connectivity index (χ2n) is 8.00. The van der Waals surface area contributed by atoms with Gasteiger partial charge in [-0.3, -0.25) is 4.90 Å². The molecule has 0 amide bonds. The molecule has 3 aromatic carbocycles. The summed E-state index contributed by atoms with van der Waals surface area (Å²) in [7, 11) is 0. The number of aromatic nitrogens is 2. The maximum Gasteiger partial charge on any atom is 0.121 e. The van der Waals surface area contributed by atoms with E-state index in [2.05, 4.69) is 63.3 Å². The van der Waals surface area contributed by atoms with E-state index in [1.54, 1.807) is 0 Å². The van der Waals surface area contributed by atoms with E-state index in [4.69, 9.17) is 28.2 Å². The first kappa shape index (κ1) is 21.1. The SMILES string of the molecule is Clc1ccc(N2CCN(Cc3nc(-c4ccccc4)c(-c4ccccc4)[nH]3)CC2)cc1Cl. The van der Waals surface area contributed by atoms with Gasteiger partial charge >= 0.3 is 0 Å². The van der Waals surface area contributed by atoms with Gasteiger partial charge in [0.15, 0.2) is 0 Å². The topological polar surface area (TPSA) is 35.2 Å². The highest BCUT2D eigenvalue weighted by Gasteiger charge is 2.20. The summed E-state index contributed by atoms with van der Waals surface area (Å²) in [5.41, 5.74) is 5.46. The molecule has 1 saturated heterocycles. The lowest BCUT2D eigenvalue weighted by atomic mass is 10.1. The van der Waals surface area contributed by atoms with Crippen LogP contribution in [0.25, 0.3) is 22.5 Å². The van der Waals surface area contributed by atoms with E-state index < -0.39 is 0 Å². The van der Waals surface area contributed by atoms with E-state index in [1.165, 1.54) is 0 Å². The van der Waals surface area contributed by atoms with Gasteiger partial charge < -0.3 is 9.88 Å². The van der Waals surface area contributed by atoms with Gasteiger partial charge in [-0.15, -0.1) is 0 Å². The van der Waals surface area contributed by atoms with E-state index in [0.29, 0.717) is 10.0 Å². The van der Waals surface area contributed by atoms with E-state index in [1.807, 2.05) is 30.3 Å². The van der Waals surface area contributed by atoms with Crippen LogP contribution in [0.1, 0.15) is 5.82 Å². The number of aromatic amines is 1. The van der Waals surface area contributed by atoms with Crippen LogP contribution in [0, 0.1) is 0 Å². The lowest BCUT2D eigenvalue weighted by Gasteiger charge is -2.35. The third-order valence-electron chi connectivity index (χ3n) is 5.88. The summed E-state index contributed by atoms with van der Waals surface area (Å²) >= 11 is 12.3. The van der Waals surface area contributed by atoms with Crippen LogP contribution in [-0.2, 0) is 6.54 Å². The molecule has 0 spiro atoms. The smallest absolute Gasteiger partial charge is 0.121 e. The molecule has 1 aliphatic heterocycles. The molecular formula is C26H24Cl2N4. The molecule has 2 heterocycles. The van der Waals surface area contributed by atoms with Crippen molar-refractivity contribution < 1.29 is 0 Å². The highest BCUT2D eigenvalue weighted by molar-refractivity contribution is 6.42. The number of rotatable bonds is 5. The van der Waals surface area contributed by atoms with Gasteiger partial charge in [-0.25, -0.2) is 4.98 Å². The van der Waals surface area contributed by atoms with Crippen LogP contribution in [0.5, 0.6) is 0 Å². The maximum atomic E-state index is 6.21. The van der Waals surface area contributed by atoms with Crippen LogP contribution < -0.4 is 4.90 Å². The molecule has 32 heavy (non-hydrogen) atoms. The molecule has 0 atom stereocenters. The molecule has 162 valence electrons. The van der Waals surface area contributed by atoms with Crippen molar-refractivity contribution in [3.8, 4) is 22.5 Å². The molecule has 1 N–H and O–H groups in total. The Morgan fingerprint density at radius 1 is 0.750 bits per heavy atom. The maximum absolute atomic E-state index is 6.21. The summed E-state index contributed by atoms with van der Waals surface area (Å²) in [5, 5.41) is 1.19. The number of benzene rings is 3. The summed E-state index contributed by atoms with van der Waals surface area (Å²) in [5.74, 6) is 0.991. The lowest BCUT2D eigenvalue weighted by molar-refractivity contribution is 0.245. The van der Waals surface area contributed by atoms with Gasteiger partial charge in [0, 0.05) is 43.0 Å². The fourth-order valence-corrected chi connectivity index (χ4v) is 4.47. The molecule has 0 saturated carbocycles. The molecule has 1 aliphatic rings. The second-order valence-corrected chi connectivity index (χ2v) is 8.82. The molecule has 4 nitrogen and oxygen atoms in total. The Labute approximate surface area is 198 Å². The highest BCUT2D eigenvalue weighted by atomic mass is 35.5. The molecule has 0 radical (unpaired) electrons. The molecule has 6 heteroatoms. The van der Waals surface area contributed by atoms with Crippen LogP contribution >= 0.6 is 23.2 Å². The van der Waals surface area contributed by atoms with Crippen molar-refractivity contribution >= 4 is 28.9 Å². The number of H-pyrrole nitrogens is 1. The largest absolute Gasteiger partial charge is 0.369 e. The zero-order valence-electron chi connectivity index (χ0n) is 17.6. The van der Waals surface area contributed by atoms with Crippen molar-refractivity contribution in [3.63, 3.8) is 0 Å². The average Bonchev–Trinajstić information content (AvgIpc) is 3.26. The normalized spacial score (nSPS) is 14.6. The Morgan fingerprint density at radius 2 is 1.41 bits per heavy atom. The van der Waals surface area contributed by atoms with Crippen LogP contribution in [-0.4, -0.2) is 41.0 Å². The van der Waals surface area contributed by atoms with Crippen molar-refractivity contribution in [2.24, 2.45) is 0 Å². The third-order valence-corrected chi connectivity index (χ3v) is 6.62. The Balaban J connectivity index is 1.33. The van der Waals surface area contributed by atoms with Crippen LogP contribution in [0.3, 0.4) is 0 Å². The summed E-state index contributed by atoms with van der Waals surface area (Å²) in [6, 6.07) is 26.6. The fraction of sp³-hybridized carbons (Fsp3) is 0.192. The number of hydrogen-bond acceptors (Lipinski definition) is 3. The minimum atomic E-state index is 0.593. The average molecular weight is 463 g/mol.